The smallest absolute Gasteiger partial charge is 0.255 e. The van der Waals surface area contributed by atoms with Crippen molar-refractivity contribution in [2.45, 2.75) is 23.6 Å². The number of sulfonamides is 1. The molecule has 2 rings (SSSR count). The summed E-state index contributed by atoms with van der Waals surface area (Å²) in [6.07, 6.45) is 1.96. The third-order valence-corrected chi connectivity index (χ3v) is 6.54. The predicted octanol–water partition coefficient (Wildman–Crippen LogP) is 3.69. The molecule has 0 bridgehead atoms. The minimum atomic E-state index is -3.59. The van der Waals surface area contributed by atoms with Gasteiger partial charge < -0.3 is 5.32 Å². The highest BCUT2D eigenvalue weighted by Crippen LogP contribution is 2.21. The van der Waals surface area contributed by atoms with Gasteiger partial charge in [-0.25, -0.2) is 8.42 Å². The van der Waals surface area contributed by atoms with Gasteiger partial charge in [0.1, 0.15) is 0 Å². The summed E-state index contributed by atoms with van der Waals surface area (Å²) in [4.78, 5) is 13.6. The molecule has 0 aromatic heterocycles. The van der Waals surface area contributed by atoms with Crippen LogP contribution in [-0.4, -0.2) is 38.0 Å². The molecule has 0 fully saturated rings. The molecule has 0 radical (unpaired) electrons. The van der Waals surface area contributed by atoms with Crippen molar-refractivity contribution in [3.8, 4) is 0 Å². The number of anilines is 1. The topological polar surface area (TPSA) is 66.5 Å². The van der Waals surface area contributed by atoms with E-state index in [0.29, 0.717) is 24.3 Å². The Labute approximate surface area is 153 Å². The first-order valence-corrected chi connectivity index (χ1v) is 10.6. The summed E-state index contributed by atoms with van der Waals surface area (Å²) in [5.74, 6) is -0.338. The first-order valence-electron chi connectivity index (χ1n) is 7.98. The molecule has 0 aliphatic rings. The lowest BCUT2D eigenvalue weighted by molar-refractivity contribution is 0.102. The van der Waals surface area contributed by atoms with Gasteiger partial charge in [0.15, 0.2) is 0 Å². The highest BCUT2D eigenvalue weighted by atomic mass is 32.2. The van der Waals surface area contributed by atoms with Gasteiger partial charge in [0.05, 0.1) is 4.90 Å². The zero-order valence-electron chi connectivity index (χ0n) is 14.5. The van der Waals surface area contributed by atoms with Crippen molar-refractivity contribution in [3.05, 3.63) is 54.1 Å². The first kappa shape index (κ1) is 19.5. The second-order valence-electron chi connectivity index (χ2n) is 5.30. The molecule has 1 amide bonds. The van der Waals surface area contributed by atoms with E-state index in [1.54, 1.807) is 43.8 Å². The normalized spacial score (nSPS) is 11.5. The quantitative estimate of drug-likeness (QED) is 0.746. The Balaban J connectivity index is 2.27. The van der Waals surface area contributed by atoms with E-state index in [9.17, 15) is 13.2 Å². The average molecular weight is 379 g/mol. The van der Waals surface area contributed by atoms with Gasteiger partial charge >= 0.3 is 0 Å². The Hall–Kier alpha value is -1.83. The van der Waals surface area contributed by atoms with Gasteiger partial charge in [-0.05, 0) is 42.7 Å². The van der Waals surface area contributed by atoms with E-state index in [0.717, 1.165) is 4.90 Å². The number of hydrogen-bond acceptors (Lipinski definition) is 4. The van der Waals surface area contributed by atoms with Crippen LogP contribution in [0.4, 0.5) is 5.69 Å². The minimum Gasteiger partial charge on any atom is -0.322 e. The van der Waals surface area contributed by atoms with Crippen molar-refractivity contribution >= 4 is 33.4 Å². The first-order chi connectivity index (χ1) is 11.9. The van der Waals surface area contributed by atoms with Gasteiger partial charge in [-0.2, -0.15) is 4.31 Å². The van der Waals surface area contributed by atoms with E-state index in [-0.39, 0.29) is 10.8 Å². The Morgan fingerprint density at radius 1 is 1.08 bits per heavy atom. The Morgan fingerprint density at radius 2 is 1.76 bits per heavy atom. The molecule has 0 spiro atoms. The maximum absolute atomic E-state index is 12.6. The van der Waals surface area contributed by atoms with Crippen LogP contribution in [0, 0.1) is 0 Å². The molecule has 134 valence electrons. The molecular weight excluding hydrogens is 356 g/mol. The van der Waals surface area contributed by atoms with Crippen LogP contribution in [-0.2, 0) is 10.0 Å². The second-order valence-corrected chi connectivity index (χ2v) is 8.12. The Bertz CT molecular complexity index is 847. The molecule has 0 unspecified atom stereocenters. The van der Waals surface area contributed by atoms with Gasteiger partial charge in [-0.15, -0.1) is 11.8 Å². The van der Waals surface area contributed by atoms with Gasteiger partial charge in [-0.3, -0.25) is 4.79 Å². The Morgan fingerprint density at radius 3 is 2.40 bits per heavy atom. The van der Waals surface area contributed by atoms with Crippen molar-refractivity contribution in [2.75, 3.05) is 24.7 Å². The van der Waals surface area contributed by atoms with Crippen molar-refractivity contribution in [1.29, 1.82) is 0 Å². The molecule has 0 saturated carbocycles. The lowest BCUT2D eigenvalue weighted by Crippen LogP contribution is -2.30. The standard InChI is InChI=1S/C18H22N2O3S2/c1-4-20(5-2)25(22,23)17-11-6-8-14(12-17)18(21)19-15-9-7-10-16(13-15)24-3/h6-13H,4-5H2,1-3H3,(H,19,21). The highest BCUT2D eigenvalue weighted by molar-refractivity contribution is 7.98. The van der Waals surface area contributed by atoms with Crippen LogP contribution >= 0.6 is 11.8 Å². The van der Waals surface area contributed by atoms with Crippen LogP contribution in [0.15, 0.2) is 58.3 Å². The zero-order valence-corrected chi connectivity index (χ0v) is 16.2. The lowest BCUT2D eigenvalue weighted by atomic mass is 10.2. The van der Waals surface area contributed by atoms with Crippen LogP contribution in [0.5, 0.6) is 0 Å². The van der Waals surface area contributed by atoms with E-state index >= 15 is 0 Å². The number of nitrogens with zero attached hydrogens (tertiary/aromatic N) is 1. The number of carbonyl (C=O) groups is 1. The van der Waals surface area contributed by atoms with E-state index in [2.05, 4.69) is 5.32 Å². The van der Waals surface area contributed by atoms with Crippen molar-refractivity contribution in [2.24, 2.45) is 0 Å². The number of carbonyl (C=O) groups excluding carboxylic acids is 1. The van der Waals surface area contributed by atoms with Gasteiger partial charge in [-0.1, -0.05) is 26.0 Å². The summed E-state index contributed by atoms with van der Waals surface area (Å²) >= 11 is 1.58. The molecule has 0 aliphatic carbocycles. The SMILES string of the molecule is CCN(CC)S(=O)(=O)c1cccc(C(=O)Nc2cccc(SC)c2)c1. The fraction of sp³-hybridized carbons (Fsp3) is 0.278. The van der Waals surface area contributed by atoms with Gasteiger partial charge in [0.2, 0.25) is 10.0 Å². The molecule has 0 heterocycles. The second kappa shape index (κ2) is 8.51. The maximum Gasteiger partial charge on any atom is 0.255 e. The molecular formula is C18H22N2O3S2. The molecule has 2 aromatic rings. The van der Waals surface area contributed by atoms with Crippen LogP contribution in [0.3, 0.4) is 0 Å². The van der Waals surface area contributed by atoms with Crippen molar-refractivity contribution in [1.82, 2.24) is 4.31 Å². The molecule has 7 heteroatoms. The maximum atomic E-state index is 12.6. The van der Waals surface area contributed by atoms with Gasteiger partial charge in [0, 0.05) is 29.2 Å². The summed E-state index contributed by atoms with van der Waals surface area (Å²) in [7, 11) is -3.59. The van der Waals surface area contributed by atoms with Crippen LogP contribution < -0.4 is 5.32 Å². The molecule has 0 aliphatic heterocycles. The molecule has 2 aromatic carbocycles. The van der Waals surface area contributed by atoms with Crippen molar-refractivity contribution < 1.29 is 13.2 Å². The zero-order chi connectivity index (χ0) is 18.4. The van der Waals surface area contributed by atoms with Crippen molar-refractivity contribution in [3.63, 3.8) is 0 Å². The lowest BCUT2D eigenvalue weighted by Gasteiger charge is -2.18. The average Bonchev–Trinajstić information content (AvgIpc) is 2.62. The fourth-order valence-corrected chi connectivity index (χ4v) is 4.38. The number of thioether (sulfide) groups is 1. The van der Waals surface area contributed by atoms with Crippen LogP contribution in [0.25, 0.3) is 0 Å². The molecule has 5 nitrogen and oxygen atoms in total. The number of nitrogens with one attached hydrogen (secondary N) is 1. The van der Waals surface area contributed by atoms with E-state index in [1.165, 1.54) is 16.4 Å². The predicted molar refractivity (Wildman–Crippen MR) is 103 cm³/mol. The number of benzene rings is 2. The molecule has 0 saturated heterocycles. The number of amides is 1. The number of hydrogen-bond donors (Lipinski definition) is 1. The van der Waals surface area contributed by atoms with Gasteiger partial charge in [0.25, 0.3) is 5.91 Å². The molecule has 25 heavy (non-hydrogen) atoms. The molecule has 1 N–H and O–H groups in total. The van der Waals surface area contributed by atoms with Crippen LogP contribution in [0.1, 0.15) is 24.2 Å². The fourth-order valence-electron chi connectivity index (χ4n) is 2.41. The summed E-state index contributed by atoms with van der Waals surface area (Å²) in [5.41, 5.74) is 0.983. The summed E-state index contributed by atoms with van der Waals surface area (Å²) < 4.78 is 26.6. The highest BCUT2D eigenvalue weighted by Gasteiger charge is 2.22. The van der Waals surface area contributed by atoms with E-state index in [1.807, 2.05) is 24.5 Å². The molecule has 0 atom stereocenters. The number of rotatable bonds is 7. The summed E-state index contributed by atoms with van der Waals surface area (Å²) in [5, 5.41) is 2.81. The third kappa shape index (κ3) is 4.62. The summed E-state index contributed by atoms with van der Waals surface area (Å²) in [6, 6.07) is 13.6. The monoisotopic (exact) mass is 378 g/mol. The van der Waals surface area contributed by atoms with E-state index < -0.39 is 10.0 Å². The van der Waals surface area contributed by atoms with E-state index in [4.69, 9.17) is 0 Å². The summed E-state index contributed by atoms with van der Waals surface area (Å²) in [6.45, 7) is 4.35. The largest absolute Gasteiger partial charge is 0.322 e. The third-order valence-electron chi connectivity index (χ3n) is 3.77. The Kier molecular flexibility index (Phi) is 6.64. The minimum absolute atomic E-state index is 0.127. The van der Waals surface area contributed by atoms with Crippen LogP contribution in [0.2, 0.25) is 0 Å².